The molecule has 6 heteroatoms. The van der Waals surface area contributed by atoms with Crippen molar-refractivity contribution in [2.45, 2.75) is 31.3 Å². The smallest absolute Gasteiger partial charge is 0.345 e. The Morgan fingerprint density at radius 1 is 0.829 bits per heavy atom. The maximum absolute atomic E-state index is 13.1. The summed E-state index contributed by atoms with van der Waals surface area (Å²) in [4.78, 5) is 26.8. The fourth-order valence-electron chi connectivity index (χ4n) is 5.41. The Morgan fingerprint density at radius 3 is 2.12 bits per heavy atom. The number of hydrogen-bond acceptors (Lipinski definition) is 5. The van der Waals surface area contributed by atoms with E-state index in [0.717, 1.165) is 23.3 Å². The lowest BCUT2D eigenvalue weighted by Gasteiger charge is -2.23. The summed E-state index contributed by atoms with van der Waals surface area (Å²) in [5.41, 5.74) is 0.365. The first-order valence-corrected chi connectivity index (χ1v) is 14.9. The predicted octanol–water partition coefficient (Wildman–Crippen LogP) is 7.80. The summed E-state index contributed by atoms with van der Waals surface area (Å²) >= 11 is 0. The van der Waals surface area contributed by atoms with Gasteiger partial charge in [-0.1, -0.05) is 48.4 Å². The van der Waals surface area contributed by atoms with E-state index in [1.807, 2.05) is 60.7 Å². The van der Waals surface area contributed by atoms with E-state index < -0.39 is 34.6 Å². The van der Waals surface area contributed by atoms with E-state index in [-0.39, 0.29) is 0 Å². The van der Waals surface area contributed by atoms with Gasteiger partial charge in [-0.2, -0.15) is 0 Å². The highest BCUT2D eigenvalue weighted by Gasteiger charge is 2.36. The van der Waals surface area contributed by atoms with Crippen LogP contribution in [-0.4, -0.2) is 31.3 Å². The molecule has 0 radical (unpaired) electrons. The van der Waals surface area contributed by atoms with E-state index in [1.165, 1.54) is 20.2 Å². The first kappa shape index (κ1) is 26.6. The van der Waals surface area contributed by atoms with Crippen molar-refractivity contribution in [1.29, 1.82) is 0 Å². The molecule has 4 aromatic carbocycles. The van der Waals surface area contributed by atoms with Crippen LogP contribution in [0.25, 0.3) is 25.1 Å². The molecule has 1 aliphatic carbocycles. The third-order valence-electron chi connectivity index (χ3n) is 7.37. The van der Waals surface area contributed by atoms with Crippen LogP contribution in [0.5, 0.6) is 5.75 Å². The summed E-state index contributed by atoms with van der Waals surface area (Å²) in [6, 6.07) is 31.5. The molecule has 0 amide bonds. The average molecular weight is 562 g/mol. The van der Waals surface area contributed by atoms with Crippen LogP contribution >= 0.6 is 10.5 Å². The first-order chi connectivity index (χ1) is 20.1. The summed E-state index contributed by atoms with van der Waals surface area (Å²) < 4.78 is 19.3. The highest BCUT2D eigenvalue weighted by molar-refractivity contribution is 7.50. The zero-order valence-corrected chi connectivity index (χ0v) is 23.5. The van der Waals surface area contributed by atoms with Gasteiger partial charge in [0.1, 0.15) is 0 Å². The van der Waals surface area contributed by atoms with Crippen LogP contribution in [0, 0.1) is 11.8 Å². The van der Waals surface area contributed by atoms with E-state index in [2.05, 4.69) is 36.1 Å². The highest BCUT2D eigenvalue weighted by atomic mass is 32.2. The molecule has 0 saturated heterocycles. The van der Waals surface area contributed by atoms with E-state index in [4.69, 9.17) is 14.2 Å². The minimum atomic E-state index is -0.850. The molecule has 0 N–H and O–H groups in total. The SMILES string of the molecule is COc1ccc(C(=O)OCC(=O)OC2(C#Cc3ccccc3)CCCC2)cc1-[s+]1c2ccccc2c2ccccc21. The Hall–Kier alpha value is -4.60. The van der Waals surface area contributed by atoms with Gasteiger partial charge in [0, 0.05) is 32.9 Å². The molecular formula is C35H29O5S+. The molecule has 1 saturated carbocycles. The van der Waals surface area contributed by atoms with Gasteiger partial charge < -0.3 is 14.2 Å². The Balaban J connectivity index is 1.23. The van der Waals surface area contributed by atoms with Gasteiger partial charge in [0.05, 0.1) is 12.7 Å². The lowest BCUT2D eigenvalue weighted by Crippen LogP contribution is -2.32. The average Bonchev–Trinajstić information content (AvgIpc) is 3.62. The van der Waals surface area contributed by atoms with Crippen LogP contribution in [0.3, 0.4) is 0 Å². The second kappa shape index (κ2) is 11.5. The van der Waals surface area contributed by atoms with Crippen molar-refractivity contribution >= 4 is 42.6 Å². The molecule has 0 atom stereocenters. The minimum Gasteiger partial charge on any atom is -0.491 e. The number of ether oxygens (including phenoxy) is 3. The molecule has 0 unspecified atom stereocenters. The standard InChI is InChI=1S/C35H29O5S/c1-38-29-18-17-26(23-32(29)41-30-15-7-5-13-27(30)28-14-6-8-16-31(28)41)34(37)39-24-33(36)40-35(20-9-10-21-35)22-19-25-11-3-2-4-12-25/h2-8,11-18,23H,9-10,20-21,24H2,1H3/q+1. The second-order valence-corrected chi connectivity index (χ2v) is 12.0. The fraction of sp³-hybridized carbons (Fsp3) is 0.200. The zero-order chi connectivity index (χ0) is 28.2. The van der Waals surface area contributed by atoms with E-state index in [1.54, 1.807) is 19.2 Å². The number of benzene rings is 4. The van der Waals surface area contributed by atoms with Gasteiger partial charge in [-0.15, -0.1) is 0 Å². The predicted molar refractivity (Wildman–Crippen MR) is 163 cm³/mol. The largest absolute Gasteiger partial charge is 0.491 e. The van der Waals surface area contributed by atoms with Crippen molar-refractivity contribution in [2.24, 2.45) is 0 Å². The molecule has 0 bridgehead atoms. The summed E-state index contributed by atoms with van der Waals surface area (Å²) in [7, 11) is 1.17. The molecule has 0 aliphatic heterocycles. The quantitative estimate of drug-likeness (QED) is 0.120. The van der Waals surface area contributed by atoms with Crippen molar-refractivity contribution in [3.63, 3.8) is 0 Å². The van der Waals surface area contributed by atoms with Crippen molar-refractivity contribution in [2.75, 3.05) is 13.7 Å². The van der Waals surface area contributed by atoms with Gasteiger partial charge >= 0.3 is 11.9 Å². The summed E-state index contributed by atoms with van der Waals surface area (Å²) in [6.07, 6.45) is 3.19. The maximum atomic E-state index is 13.1. The van der Waals surface area contributed by atoms with Gasteiger partial charge in [0.25, 0.3) is 0 Å². The monoisotopic (exact) mass is 561 g/mol. The summed E-state index contributed by atoms with van der Waals surface area (Å²) in [5, 5.41) is 2.36. The minimum absolute atomic E-state index is 0.349. The number of rotatable bonds is 6. The Kier molecular flexibility index (Phi) is 7.45. The highest BCUT2D eigenvalue weighted by Crippen LogP contribution is 2.51. The van der Waals surface area contributed by atoms with Gasteiger partial charge in [-0.05, 0) is 80.1 Å². The first-order valence-electron chi connectivity index (χ1n) is 13.6. The number of esters is 2. The topological polar surface area (TPSA) is 61.8 Å². The molecule has 204 valence electrons. The van der Waals surface area contributed by atoms with Crippen molar-refractivity contribution in [3.8, 4) is 22.5 Å². The van der Waals surface area contributed by atoms with Crippen LogP contribution in [0.4, 0.5) is 0 Å². The Bertz CT molecular complexity index is 1750. The lowest BCUT2D eigenvalue weighted by atomic mass is 10.0. The van der Waals surface area contributed by atoms with Crippen LogP contribution in [0.2, 0.25) is 0 Å². The number of carbonyl (C=O) groups excluding carboxylic acids is 2. The van der Waals surface area contributed by atoms with Gasteiger partial charge in [-0.25, -0.2) is 9.59 Å². The molecule has 1 aliphatic rings. The third kappa shape index (κ3) is 5.41. The van der Waals surface area contributed by atoms with Crippen molar-refractivity contribution < 1.29 is 23.8 Å². The molecule has 1 fully saturated rings. The Morgan fingerprint density at radius 2 is 1.46 bits per heavy atom. The molecule has 6 rings (SSSR count). The van der Waals surface area contributed by atoms with Gasteiger partial charge in [-0.3, -0.25) is 0 Å². The van der Waals surface area contributed by atoms with Gasteiger partial charge in [0.15, 0.2) is 27.4 Å². The van der Waals surface area contributed by atoms with Crippen LogP contribution in [0.1, 0.15) is 41.6 Å². The van der Waals surface area contributed by atoms with Crippen LogP contribution < -0.4 is 4.74 Å². The molecule has 0 spiro atoms. The molecular weight excluding hydrogens is 532 g/mol. The zero-order valence-electron chi connectivity index (χ0n) is 22.7. The van der Waals surface area contributed by atoms with Crippen LogP contribution in [-0.2, 0) is 14.3 Å². The van der Waals surface area contributed by atoms with Crippen molar-refractivity contribution in [1.82, 2.24) is 0 Å². The number of fused-ring (bicyclic) bond motifs is 3. The normalized spacial score (nSPS) is 13.9. The lowest BCUT2D eigenvalue weighted by molar-refractivity contribution is -0.157. The molecule has 5 aromatic rings. The van der Waals surface area contributed by atoms with Crippen LogP contribution in [0.15, 0.2) is 97.1 Å². The summed E-state index contributed by atoms with van der Waals surface area (Å²) in [5.74, 6) is 5.82. The van der Waals surface area contributed by atoms with E-state index in [9.17, 15) is 9.59 Å². The summed E-state index contributed by atoms with van der Waals surface area (Å²) in [6.45, 7) is -0.480. The molecule has 1 aromatic heterocycles. The molecule has 5 nitrogen and oxygen atoms in total. The Labute approximate surface area is 241 Å². The number of methoxy groups -OCH3 is 1. The third-order valence-corrected chi connectivity index (χ3v) is 9.72. The maximum Gasteiger partial charge on any atom is 0.345 e. The number of thiophene rings is 1. The van der Waals surface area contributed by atoms with E-state index in [0.29, 0.717) is 24.2 Å². The van der Waals surface area contributed by atoms with Crippen molar-refractivity contribution in [3.05, 3.63) is 108 Å². The van der Waals surface area contributed by atoms with Gasteiger partial charge in [0.2, 0.25) is 4.90 Å². The van der Waals surface area contributed by atoms with E-state index >= 15 is 0 Å². The number of carbonyl (C=O) groups is 2. The molecule has 1 heterocycles. The molecule has 41 heavy (non-hydrogen) atoms. The fourth-order valence-corrected chi connectivity index (χ4v) is 7.95. The second-order valence-electron chi connectivity index (χ2n) is 10.0. The number of hydrogen-bond donors (Lipinski definition) is 0.